The van der Waals surface area contributed by atoms with Gasteiger partial charge in [-0.15, -0.1) is 0 Å². The second-order valence-corrected chi connectivity index (χ2v) is 6.92. The fourth-order valence-corrected chi connectivity index (χ4v) is 2.47. The van der Waals surface area contributed by atoms with Crippen LogP contribution in [-0.2, 0) is 10.0 Å². The van der Waals surface area contributed by atoms with Crippen molar-refractivity contribution < 1.29 is 8.42 Å². The Morgan fingerprint density at radius 2 is 2.11 bits per heavy atom. The van der Waals surface area contributed by atoms with E-state index in [0.29, 0.717) is 12.5 Å². The molecule has 0 saturated carbocycles. The quantitative estimate of drug-likeness (QED) is 0.777. The van der Waals surface area contributed by atoms with Gasteiger partial charge in [-0.1, -0.05) is 0 Å². The van der Waals surface area contributed by atoms with Crippen molar-refractivity contribution in [2.75, 3.05) is 37.8 Å². The Bertz CT molecular complexity index is 526. The average molecular weight is 270 g/mol. The fraction of sp³-hybridized carbons (Fsp3) is 0.636. The van der Waals surface area contributed by atoms with Gasteiger partial charge in [-0.25, -0.2) is 22.7 Å². The summed E-state index contributed by atoms with van der Waals surface area (Å²) in [5.41, 5.74) is 0.941. The number of aromatic nitrogens is 2. The third-order valence-electron chi connectivity index (χ3n) is 3.15. The molecule has 7 heteroatoms. The van der Waals surface area contributed by atoms with Crippen molar-refractivity contribution in [3.05, 3.63) is 18.1 Å². The molecular weight excluding hydrogens is 252 g/mol. The molecule has 2 rings (SSSR count). The summed E-state index contributed by atoms with van der Waals surface area (Å²) in [6.07, 6.45) is 2.79. The molecule has 0 spiro atoms. The topological polar surface area (TPSA) is 66.4 Å². The van der Waals surface area contributed by atoms with Gasteiger partial charge in [0.05, 0.1) is 6.26 Å². The van der Waals surface area contributed by atoms with Gasteiger partial charge in [0, 0.05) is 44.4 Å². The standard InChI is InChI=1S/C11H18N4O2S/c1-9-4-11(13-8-12-9)15-6-10(7-15)5-14(2)18(3,16)17/h4,8,10H,5-7H2,1-3H3. The van der Waals surface area contributed by atoms with Crippen molar-refractivity contribution in [2.24, 2.45) is 5.92 Å². The predicted molar refractivity (Wildman–Crippen MR) is 69.9 cm³/mol. The molecule has 2 heterocycles. The van der Waals surface area contributed by atoms with Crippen LogP contribution in [0.25, 0.3) is 0 Å². The van der Waals surface area contributed by atoms with Crippen LogP contribution in [0.5, 0.6) is 0 Å². The lowest BCUT2D eigenvalue weighted by Gasteiger charge is -2.41. The summed E-state index contributed by atoms with van der Waals surface area (Å²) in [5, 5.41) is 0. The van der Waals surface area contributed by atoms with E-state index >= 15 is 0 Å². The van der Waals surface area contributed by atoms with E-state index in [1.807, 2.05) is 13.0 Å². The van der Waals surface area contributed by atoms with Crippen molar-refractivity contribution in [3.63, 3.8) is 0 Å². The zero-order chi connectivity index (χ0) is 13.3. The number of sulfonamides is 1. The molecule has 0 aromatic carbocycles. The number of nitrogens with zero attached hydrogens (tertiary/aromatic N) is 4. The summed E-state index contributed by atoms with van der Waals surface area (Å²) < 4.78 is 24.0. The summed E-state index contributed by atoms with van der Waals surface area (Å²) in [6, 6.07) is 1.94. The molecule has 1 aliphatic rings. The number of rotatable bonds is 4. The highest BCUT2D eigenvalue weighted by molar-refractivity contribution is 7.88. The minimum absolute atomic E-state index is 0.375. The molecule has 6 nitrogen and oxygen atoms in total. The maximum Gasteiger partial charge on any atom is 0.210 e. The molecule has 0 radical (unpaired) electrons. The highest BCUT2D eigenvalue weighted by Gasteiger charge is 2.30. The van der Waals surface area contributed by atoms with Crippen molar-refractivity contribution in [1.29, 1.82) is 0 Å². The van der Waals surface area contributed by atoms with Crippen LogP contribution in [0, 0.1) is 12.8 Å². The van der Waals surface area contributed by atoms with E-state index < -0.39 is 10.0 Å². The van der Waals surface area contributed by atoms with E-state index in [-0.39, 0.29) is 0 Å². The van der Waals surface area contributed by atoms with E-state index in [9.17, 15) is 8.42 Å². The van der Waals surface area contributed by atoms with E-state index in [4.69, 9.17) is 0 Å². The van der Waals surface area contributed by atoms with Crippen molar-refractivity contribution in [1.82, 2.24) is 14.3 Å². The SMILES string of the molecule is Cc1cc(N2CC(CN(C)S(C)(=O)=O)C2)ncn1. The van der Waals surface area contributed by atoms with Crippen molar-refractivity contribution >= 4 is 15.8 Å². The lowest BCUT2D eigenvalue weighted by Crippen LogP contribution is -2.52. The molecule has 0 atom stereocenters. The van der Waals surface area contributed by atoms with Crippen LogP contribution in [0.3, 0.4) is 0 Å². The Balaban J connectivity index is 1.88. The van der Waals surface area contributed by atoms with Crippen LogP contribution < -0.4 is 4.90 Å². The molecule has 1 fully saturated rings. The first-order valence-corrected chi connectivity index (χ1v) is 7.66. The van der Waals surface area contributed by atoms with Crippen LogP contribution >= 0.6 is 0 Å². The highest BCUT2D eigenvalue weighted by atomic mass is 32.2. The second-order valence-electron chi connectivity index (χ2n) is 4.83. The Morgan fingerprint density at radius 1 is 1.44 bits per heavy atom. The van der Waals surface area contributed by atoms with Crippen LogP contribution in [0.2, 0.25) is 0 Å². The van der Waals surface area contributed by atoms with Gasteiger partial charge in [-0.2, -0.15) is 0 Å². The normalized spacial score (nSPS) is 17.0. The van der Waals surface area contributed by atoms with Gasteiger partial charge in [0.2, 0.25) is 10.0 Å². The van der Waals surface area contributed by atoms with Gasteiger partial charge in [-0.05, 0) is 6.92 Å². The highest BCUT2D eigenvalue weighted by Crippen LogP contribution is 2.23. The zero-order valence-corrected chi connectivity index (χ0v) is 11.7. The molecule has 1 saturated heterocycles. The Morgan fingerprint density at radius 3 is 2.67 bits per heavy atom. The Hall–Kier alpha value is -1.21. The summed E-state index contributed by atoms with van der Waals surface area (Å²) in [4.78, 5) is 10.4. The largest absolute Gasteiger partial charge is 0.356 e. The molecule has 0 amide bonds. The summed E-state index contributed by atoms with van der Waals surface area (Å²) >= 11 is 0. The molecular formula is C11H18N4O2S. The molecule has 1 aromatic rings. The smallest absolute Gasteiger partial charge is 0.210 e. The van der Waals surface area contributed by atoms with Crippen molar-refractivity contribution in [2.45, 2.75) is 6.92 Å². The number of hydrogen-bond donors (Lipinski definition) is 0. The monoisotopic (exact) mass is 270 g/mol. The molecule has 0 bridgehead atoms. The molecule has 0 aliphatic carbocycles. The van der Waals surface area contributed by atoms with E-state index in [0.717, 1.165) is 24.6 Å². The predicted octanol–water partition coefficient (Wildman–Crippen LogP) is 0.113. The Labute approximate surface area is 108 Å². The maximum atomic E-state index is 11.3. The van der Waals surface area contributed by atoms with Crippen LogP contribution in [0.15, 0.2) is 12.4 Å². The first kappa shape index (κ1) is 13.2. The first-order chi connectivity index (χ1) is 8.36. The third kappa shape index (κ3) is 2.97. The van der Waals surface area contributed by atoms with E-state index in [1.165, 1.54) is 10.6 Å². The first-order valence-electron chi connectivity index (χ1n) is 5.81. The maximum absolute atomic E-state index is 11.3. The number of hydrogen-bond acceptors (Lipinski definition) is 5. The third-order valence-corrected chi connectivity index (χ3v) is 4.43. The lowest BCUT2D eigenvalue weighted by atomic mass is 10.0. The lowest BCUT2D eigenvalue weighted by molar-refractivity contribution is 0.327. The van der Waals surface area contributed by atoms with Crippen LogP contribution in [0.1, 0.15) is 5.69 Å². The van der Waals surface area contributed by atoms with Crippen molar-refractivity contribution in [3.8, 4) is 0 Å². The van der Waals surface area contributed by atoms with E-state index in [1.54, 1.807) is 13.4 Å². The fourth-order valence-electron chi connectivity index (χ4n) is 1.98. The van der Waals surface area contributed by atoms with Gasteiger partial charge in [0.15, 0.2) is 0 Å². The van der Waals surface area contributed by atoms with Crippen LogP contribution in [-0.4, -0.2) is 55.6 Å². The summed E-state index contributed by atoms with van der Waals surface area (Å²) in [5.74, 6) is 1.29. The molecule has 100 valence electrons. The summed E-state index contributed by atoms with van der Waals surface area (Å²) in [6.45, 7) is 4.19. The van der Waals surface area contributed by atoms with Gasteiger partial charge in [0.1, 0.15) is 12.1 Å². The van der Waals surface area contributed by atoms with Crippen LogP contribution in [0.4, 0.5) is 5.82 Å². The average Bonchev–Trinajstić information content (AvgIpc) is 2.20. The number of aryl methyl sites for hydroxylation is 1. The molecule has 1 aliphatic heterocycles. The summed E-state index contributed by atoms with van der Waals surface area (Å²) in [7, 11) is -1.46. The molecule has 1 aromatic heterocycles. The second kappa shape index (κ2) is 4.81. The number of anilines is 1. The van der Waals surface area contributed by atoms with Gasteiger partial charge >= 0.3 is 0 Å². The minimum atomic E-state index is -3.07. The van der Waals surface area contributed by atoms with Gasteiger partial charge in [-0.3, -0.25) is 0 Å². The zero-order valence-electron chi connectivity index (χ0n) is 10.9. The molecule has 0 unspecified atom stereocenters. The molecule has 18 heavy (non-hydrogen) atoms. The van der Waals surface area contributed by atoms with E-state index in [2.05, 4.69) is 14.9 Å². The molecule has 0 N–H and O–H groups in total. The van der Waals surface area contributed by atoms with Gasteiger partial charge < -0.3 is 4.90 Å². The van der Waals surface area contributed by atoms with Gasteiger partial charge in [0.25, 0.3) is 0 Å². The minimum Gasteiger partial charge on any atom is -0.356 e. The Kier molecular flexibility index (Phi) is 3.54.